The van der Waals surface area contributed by atoms with E-state index in [0.29, 0.717) is 6.54 Å². The number of carbonyl (C=O) groups excluding carboxylic acids is 1. The number of carbonyl (C=O) groups is 1. The van der Waals surface area contributed by atoms with E-state index in [4.69, 9.17) is 4.98 Å². The number of aromatic nitrogens is 2. The summed E-state index contributed by atoms with van der Waals surface area (Å²) in [6, 6.07) is 35.9. The topological polar surface area (TPSA) is 38.1 Å². The number of amides is 1. The molecule has 6 aromatic rings. The first-order chi connectivity index (χ1) is 18.8. The number of imidazole rings is 1. The van der Waals surface area contributed by atoms with Crippen molar-refractivity contribution in [3.05, 3.63) is 114 Å². The van der Waals surface area contributed by atoms with Crippen LogP contribution in [0.2, 0.25) is 0 Å². The summed E-state index contributed by atoms with van der Waals surface area (Å²) in [5.74, 6) is 1.04. The quantitative estimate of drug-likeness (QED) is 0.251. The summed E-state index contributed by atoms with van der Waals surface area (Å²) in [6.45, 7) is 2.35. The average Bonchev–Trinajstić information content (AvgIpc) is 3.34. The van der Waals surface area contributed by atoms with Crippen molar-refractivity contribution in [2.24, 2.45) is 0 Å². The number of fused-ring (bicyclic) bond motifs is 3. The Morgan fingerprint density at radius 1 is 0.711 bits per heavy atom. The van der Waals surface area contributed by atoms with Crippen molar-refractivity contribution in [1.29, 1.82) is 0 Å². The van der Waals surface area contributed by atoms with E-state index in [1.54, 1.807) is 0 Å². The average molecular weight is 496 g/mol. The fraction of sp³-hybridized carbons (Fsp3) is 0.176. The van der Waals surface area contributed by atoms with Gasteiger partial charge in [0.15, 0.2) is 0 Å². The lowest BCUT2D eigenvalue weighted by Crippen LogP contribution is -2.35. The lowest BCUT2D eigenvalue weighted by atomic mass is 10.0. The molecule has 2 heterocycles. The van der Waals surface area contributed by atoms with Crippen molar-refractivity contribution >= 4 is 38.5 Å². The minimum atomic E-state index is 0.122. The summed E-state index contributed by atoms with van der Waals surface area (Å²) in [4.78, 5) is 20.6. The molecule has 0 saturated carbocycles. The van der Waals surface area contributed by atoms with Gasteiger partial charge in [-0.2, -0.15) is 0 Å². The van der Waals surface area contributed by atoms with E-state index in [1.807, 2.05) is 17.0 Å². The van der Waals surface area contributed by atoms with Crippen molar-refractivity contribution in [3.8, 4) is 11.4 Å². The molecule has 4 nitrogen and oxygen atoms in total. The van der Waals surface area contributed by atoms with Gasteiger partial charge in [0.2, 0.25) is 0 Å². The molecule has 0 N–H and O–H groups in total. The molecule has 0 unspecified atom stereocenters. The van der Waals surface area contributed by atoms with Crippen LogP contribution in [0.1, 0.15) is 35.2 Å². The lowest BCUT2D eigenvalue weighted by Gasteiger charge is -2.26. The third kappa shape index (κ3) is 3.93. The van der Waals surface area contributed by atoms with Crippen LogP contribution in [0.3, 0.4) is 0 Å². The molecule has 1 saturated heterocycles. The molecular weight excluding hydrogens is 466 g/mol. The van der Waals surface area contributed by atoms with Gasteiger partial charge in [-0.15, -0.1) is 0 Å². The highest BCUT2D eigenvalue weighted by atomic mass is 16.2. The van der Waals surface area contributed by atoms with E-state index in [0.717, 1.165) is 53.9 Å². The summed E-state index contributed by atoms with van der Waals surface area (Å²) in [5.41, 5.74) is 4.97. The molecule has 4 heteroatoms. The summed E-state index contributed by atoms with van der Waals surface area (Å²) < 4.78 is 2.30. The van der Waals surface area contributed by atoms with Crippen LogP contribution in [0, 0.1) is 0 Å². The molecule has 7 rings (SSSR count). The highest BCUT2D eigenvalue weighted by Crippen LogP contribution is 2.33. The molecule has 186 valence electrons. The third-order valence-electron chi connectivity index (χ3n) is 7.88. The minimum absolute atomic E-state index is 0.122. The largest absolute Gasteiger partial charge is 0.339 e. The van der Waals surface area contributed by atoms with Crippen molar-refractivity contribution in [3.63, 3.8) is 0 Å². The number of hydrogen-bond acceptors (Lipinski definition) is 2. The highest BCUT2D eigenvalue weighted by Gasteiger charge is 2.21. The van der Waals surface area contributed by atoms with Gasteiger partial charge in [0.25, 0.3) is 5.91 Å². The Kier molecular flexibility index (Phi) is 5.66. The maximum Gasteiger partial charge on any atom is 0.253 e. The fourth-order valence-electron chi connectivity index (χ4n) is 5.92. The molecule has 1 aliphatic rings. The maximum absolute atomic E-state index is 13.4. The SMILES string of the molecule is O=C(c1ccc2nc(-c3cccc4ccccc34)n(Cc3cccc4ccccc34)c2c1)N1CCCCC1. The number of benzene rings is 5. The predicted octanol–water partition coefficient (Wildman–Crippen LogP) is 7.68. The number of hydrogen-bond donors (Lipinski definition) is 0. The number of piperidine rings is 1. The smallest absolute Gasteiger partial charge is 0.253 e. The van der Waals surface area contributed by atoms with Crippen LogP contribution >= 0.6 is 0 Å². The number of likely N-dealkylation sites (tertiary alicyclic amines) is 1. The Labute approximate surface area is 222 Å². The second-order valence-corrected chi connectivity index (χ2v) is 10.2. The molecule has 38 heavy (non-hydrogen) atoms. The van der Waals surface area contributed by atoms with Gasteiger partial charge < -0.3 is 9.47 Å². The Morgan fingerprint density at radius 2 is 1.39 bits per heavy atom. The highest BCUT2D eigenvalue weighted by molar-refractivity contribution is 6.00. The summed E-state index contributed by atoms with van der Waals surface area (Å²) in [6.07, 6.45) is 3.37. The monoisotopic (exact) mass is 495 g/mol. The molecule has 0 bridgehead atoms. The van der Waals surface area contributed by atoms with E-state index in [1.165, 1.54) is 33.5 Å². The van der Waals surface area contributed by atoms with Gasteiger partial charge in [0.1, 0.15) is 5.82 Å². The molecule has 5 aromatic carbocycles. The molecule has 1 aliphatic heterocycles. The molecule has 0 radical (unpaired) electrons. The van der Waals surface area contributed by atoms with Crippen molar-refractivity contribution in [2.75, 3.05) is 13.1 Å². The van der Waals surface area contributed by atoms with E-state index in [9.17, 15) is 4.79 Å². The third-order valence-corrected chi connectivity index (χ3v) is 7.88. The van der Waals surface area contributed by atoms with Crippen LogP contribution < -0.4 is 0 Å². The number of nitrogens with zero attached hydrogens (tertiary/aromatic N) is 3. The molecule has 1 amide bonds. The normalized spacial score (nSPS) is 13.9. The van der Waals surface area contributed by atoms with Crippen LogP contribution in [0.4, 0.5) is 0 Å². The molecule has 0 atom stereocenters. The summed E-state index contributed by atoms with van der Waals surface area (Å²) in [7, 11) is 0. The zero-order chi connectivity index (χ0) is 25.5. The van der Waals surface area contributed by atoms with Gasteiger partial charge in [0.05, 0.1) is 17.6 Å². The zero-order valence-electron chi connectivity index (χ0n) is 21.3. The van der Waals surface area contributed by atoms with Gasteiger partial charge in [0, 0.05) is 24.2 Å². The second-order valence-electron chi connectivity index (χ2n) is 10.2. The zero-order valence-corrected chi connectivity index (χ0v) is 21.3. The minimum Gasteiger partial charge on any atom is -0.339 e. The van der Waals surface area contributed by atoms with E-state index < -0.39 is 0 Å². The van der Waals surface area contributed by atoms with Gasteiger partial charge in [-0.05, 0) is 64.6 Å². The Bertz CT molecular complexity index is 1800. The second kappa shape index (κ2) is 9.46. The van der Waals surface area contributed by atoms with Gasteiger partial charge >= 0.3 is 0 Å². The summed E-state index contributed by atoms with van der Waals surface area (Å²) >= 11 is 0. The predicted molar refractivity (Wildman–Crippen MR) is 155 cm³/mol. The first-order valence-corrected chi connectivity index (χ1v) is 13.5. The molecule has 0 spiro atoms. The maximum atomic E-state index is 13.4. The lowest BCUT2D eigenvalue weighted by molar-refractivity contribution is 0.0724. The molecule has 1 aromatic heterocycles. The van der Waals surface area contributed by atoms with Gasteiger partial charge in [-0.1, -0.05) is 84.9 Å². The van der Waals surface area contributed by atoms with Crippen LogP contribution in [0.15, 0.2) is 103 Å². The van der Waals surface area contributed by atoms with Crippen molar-refractivity contribution in [2.45, 2.75) is 25.8 Å². The Balaban J connectivity index is 1.43. The fourth-order valence-corrected chi connectivity index (χ4v) is 5.92. The van der Waals surface area contributed by atoms with Crippen LogP contribution in [-0.2, 0) is 6.54 Å². The van der Waals surface area contributed by atoms with Gasteiger partial charge in [-0.25, -0.2) is 4.98 Å². The first-order valence-electron chi connectivity index (χ1n) is 13.5. The Morgan fingerprint density at radius 3 is 2.21 bits per heavy atom. The van der Waals surface area contributed by atoms with Gasteiger partial charge in [-0.3, -0.25) is 4.79 Å². The van der Waals surface area contributed by atoms with Crippen LogP contribution in [0.5, 0.6) is 0 Å². The molecular formula is C34H29N3O. The van der Waals surface area contributed by atoms with E-state index in [-0.39, 0.29) is 5.91 Å². The van der Waals surface area contributed by atoms with Crippen molar-refractivity contribution in [1.82, 2.24) is 14.5 Å². The molecule has 0 aliphatic carbocycles. The molecule has 1 fully saturated rings. The summed E-state index contributed by atoms with van der Waals surface area (Å²) in [5, 5.41) is 4.83. The van der Waals surface area contributed by atoms with Crippen molar-refractivity contribution < 1.29 is 4.79 Å². The first kappa shape index (κ1) is 22.7. The van der Waals surface area contributed by atoms with Crippen LogP contribution in [0.25, 0.3) is 44.0 Å². The van der Waals surface area contributed by atoms with Crippen LogP contribution in [-0.4, -0.2) is 33.4 Å². The Hall–Kier alpha value is -4.44. The van der Waals surface area contributed by atoms with E-state index in [2.05, 4.69) is 95.6 Å². The standard InChI is InChI=1S/C34H29N3O/c38-34(36-20-6-1-7-21-36)26-18-19-31-32(22-26)37(23-27-14-8-12-24-10-2-4-15-28(24)27)33(35-31)30-17-9-13-25-11-3-5-16-29(25)30/h2-5,8-19,22H,1,6-7,20-21,23H2. The van der Waals surface area contributed by atoms with E-state index >= 15 is 0 Å². The number of rotatable bonds is 4.